The highest BCUT2D eigenvalue weighted by Crippen LogP contribution is 2.23. The number of amides is 1. The molecule has 0 aromatic heterocycles. The van der Waals surface area contributed by atoms with Gasteiger partial charge in [0.05, 0.1) is 5.92 Å². The van der Waals surface area contributed by atoms with Crippen LogP contribution in [0.1, 0.15) is 31.2 Å². The predicted octanol–water partition coefficient (Wildman–Crippen LogP) is 4.35. The van der Waals surface area contributed by atoms with Crippen LogP contribution in [0, 0.1) is 5.82 Å². The van der Waals surface area contributed by atoms with Crippen LogP contribution in [-0.2, 0) is 4.79 Å². The molecule has 2 aromatic carbocycles. The van der Waals surface area contributed by atoms with E-state index in [0.717, 1.165) is 18.4 Å². The molecule has 0 aliphatic rings. The van der Waals surface area contributed by atoms with E-state index in [2.05, 4.69) is 12.2 Å². The largest absolute Gasteiger partial charge is 0.326 e. The fourth-order valence-corrected chi connectivity index (χ4v) is 2.19. The first-order valence-corrected chi connectivity index (χ1v) is 6.82. The number of carbonyl (C=O) groups is 1. The van der Waals surface area contributed by atoms with Crippen molar-refractivity contribution in [3.63, 3.8) is 0 Å². The third-order valence-electron chi connectivity index (χ3n) is 3.21. The molecular formula is C17H18FNO. The van der Waals surface area contributed by atoms with Gasteiger partial charge in [0.1, 0.15) is 5.82 Å². The lowest BCUT2D eigenvalue weighted by molar-refractivity contribution is -0.117. The van der Waals surface area contributed by atoms with Crippen molar-refractivity contribution < 1.29 is 9.18 Å². The zero-order valence-corrected chi connectivity index (χ0v) is 11.5. The zero-order valence-electron chi connectivity index (χ0n) is 11.5. The lowest BCUT2D eigenvalue weighted by Gasteiger charge is -2.16. The minimum atomic E-state index is -0.309. The monoisotopic (exact) mass is 271 g/mol. The smallest absolute Gasteiger partial charge is 0.231 e. The topological polar surface area (TPSA) is 29.1 Å². The van der Waals surface area contributed by atoms with E-state index in [9.17, 15) is 9.18 Å². The van der Waals surface area contributed by atoms with Crippen LogP contribution in [0.15, 0.2) is 54.6 Å². The Balaban J connectivity index is 2.13. The van der Waals surface area contributed by atoms with E-state index < -0.39 is 0 Å². The minimum Gasteiger partial charge on any atom is -0.326 e. The molecule has 0 radical (unpaired) electrons. The van der Waals surface area contributed by atoms with Crippen LogP contribution in [0.3, 0.4) is 0 Å². The summed E-state index contributed by atoms with van der Waals surface area (Å²) in [5.74, 6) is -0.535. The standard InChI is InChI=1S/C17H18FNO/c1-2-6-16(13-7-4-3-5-8-13)17(20)19-15-11-9-14(18)10-12-15/h3-5,7-12,16H,2,6H2,1H3,(H,19,20)/t16-/m0/s1. The molecule has 104 valence electrons. The maximum absolute atomic E-state index is 12.9. The number of benzene rings is 2. The van der Waals surface area contributed by atoms with Crippen LogP contribution in [0.2, 0.25) is 0 Å². The number of hydrogen-bond acceptors (Lipinski definition) is 1. The van der Waals surface area contributed by atoms with E-state index in [-0.39, 0.29) is 17.6 Å². The summed E-state index contributed by atoms with van der Waals surface area (Å²) in [6, 6.07) is 15.5. The van der Waals surface area contributed by atoms with Gasteiger partial charge in [-0.25, -0.2) is 4.39 Å². The van der Waals surface area contributed by atoms with Gasteiger partial charge in [-0.2, -0.15) is 0 Å². The van der Waals surface area contributed by atoms with Gasteiger partial charge < -0.3 is 5.32 Å². The Morgan fingerprint density at radius 3 is 2.35 bits per heavy atom. The molecular weight excluding hydrogens is 253 g/mol. The summed E-state index contributed by atoms with van der Waals surface area (Å²) in [5, 5.41) is 2.85. The number of anilines is 1. The quantitative estimate of drug-likeness (QED) is 0.860. The van der Waals surface area contributed by atoms with Crippen LogP contribution < -0.4 is 5.32 Å². The van der Waals surface area contributed by atoms with Crippen molar-refractivity contribution in [3.05, 3.63) is 66.0 Å². The number of nitrogens with one attached hydrogen (secondary N) is 1. The number of carbonyl (C=O) groups excluding carboxylic acids is 1. The van der Waals surface area contributed by atoms with Crippen molar-refractivity contribution in [2.24, 2.45) is 0 Å². The van der Waals surface area contributed by atoms with Crippen molar-refractivity contribution in [1.29, 1.82) is 0 Å². The first-order chi connectivity index (χ1) is 9.70. The van der Waals surface area contributed by atoms with E-state index in [4.69, 9.17) is 0 Å². The third-order valence-corrected chi connectivity index (χ3v) is 3.21. The highest BCUT2D eigenvalue weighted by Gasteiger charge is 2.19. The van der Waals surface area contributed by atoms with Crippen molar-refractivity contribution in [1.82, 2.24) is 0 Å². The molecule has 0 spiro atoms. The molecule has 0 bridgehead atoms. The number of hydrogen-bond donors (Lipinski definition) is 1. The second-order valence-electron chi connectivity index (χ2n) is 4.75. The van der Waals surface area contributed by atoms with E-state index >= 15 is 0 Å². The zero-order chi connectivity index (χ0) is 14.4. The summed E-state index contributed by atoms with van der Waals surface area (Å²) in [5.41, 5.74) is 1.63. The molecule has 0 aliphatic carbocycles. The summed E-state index contributed by atoms with van der Waals surface area (Å²) in [6.07, 6.45) is 1.72. The molecule has 0 aliphatic heterocycles. The van der Waals surface area contributed by atoms with Gasteiger partial charge in [-0.05, 0) is 36.2 Å². The first kappa shape index (κ1) is 14.3. The van der Waals surface area contributed by atoms with Crippen LogP contribution in [0.5, 0.6) is 0 Å². The van der Waals surface area contributed by atoms with Gasteiger partial charge in [0.25, 0.3) is 0 Å². The predicted molar refractivity (Wildman–Crippen MR) is 79.1 cm³/mol. The van der Waals surface area contributed by atoms with Crippen molar-refractivity contribution in [2.75, 3.05) is 5.32 Å². The molecule has 0 heterocycles. The first-order valence-electron chi connectivity index (χ1n) is 6.82. The van der Waals surface area contributed by atoms with E-state index in [1.54, 1.807) is 12.1 Å². The fraction of sp³-hybridized carbons (Fsp3) is 0.235. The van der Waals surface area contributed by atoms with Gasteiger partial charge >= 0.3 is 0 Å². The van der Waals surface area contributed by atoms with E-state index in [1.165, 1.54) is 12.1 Å². The maximum atomic E-state index is 12.9. The van der Waals surface area contributed by atoms with Gasteiger partial charge in [0.15, 0.2) is 0 Å². The van der Waals surface area contributed by atoms with E-state index in [1.807, 2.05) is 30.3 Å². The van der Waals surface area contributed by atoms with Crippen LogP contribution >= 0.6 is 0 Å². The average molecular weight is 271 g/mol. The van der Waals surface area contributed by atoms with Gasteiger partial charge in [0, 0.05) is 5.69 Å². The third kappa shape index (κ3) is 3.67. The Morgan fingerprint density at radius 1 is 1.10 bits per heavy atom. The molecule has 3 heteroatoms. The Hall–Kier alpha value is -2.16. The SMILES string of the molecule is CCC[C@H](C(=O)Nc1ccc(F)cc1)c1ccccc1. The van der Waals surface area contributed by atoms with Gasteiger partial charge in [-0.15, -0.1) is 0 Å². The Labute approximate surface area is 118 Å². The van der Waals surface area contributed by atoms with Gasteiger partial charge in [-0.1, -0.05) is 43.7 Å². The molecule has 1 amide bonds. The summed E-state index contributed by atoms with van der Waals surface area (Å²) >= 11 is 0. The minimum absolute atomic E-state index is 0.0512. The molecule has 20 heavy (non-hydrogen) atoms. The number of rotatable bonds is 5. The fourth-order valence-electron chi connectivity index (χ4n) is 2.19. The molecule has 1 atom stereocenters. The lowest BCUT2D eigenvalue weighted by atomic mass is 9.93. The molecule has 2 rings (SSSR count). The van der Waals surface area contributed by atoms with Crippen molar-refractivity contribution >= 4 is 11.6 Å². The number of halogens is 1. The van der Waals surface area contributed by atoms with Gasteiger partial charge in [0.2, 0.25) is 5.91 Å². The molecule has 2 nitrogen and oxygen atoms in total. The lowest BCUT2D eigenvalue weighted by Crippen LogP contribution is -2.21. The molecule has 0 saturated heterocycles. The van der Waals surface area contributed by atoms with Gasteiger partial charge in [-0.3, -0.25) is 4.79 Å². The van der Waals surface area contributed by atoms with E-state index in [0.29, 0.717) is 5.69 Å². The highest BCUT2D eigenvalue weighted by molar-refractivity contribution is 5.95. The maximum Gasteiger partial charge on any atom is 0.231 e. The molecule has 0 fully saturated rings. The Kier molecular flexibility index (Phi) is 4.88. The summed E-state index contributed by atoms with van der Waals surface area (Å²) < 4.78 is 12.9. The Bertz CT molecular complexity index is 551. The molecule has 0 unspecified atom stereocenters. The second kappa shape index (κ2) is 6.85. The van der Waals surface area contributed by atoms with Crippen molar-refractivity contribution in [3.8, 4) is 0 Å². The summed E-state index contributed by atoms with van der Waals surface area (Å²) in [4.78, 5) is 12.4. The second-order valence-corrected chi connectivity index (χ2v) is 4.75. The van der Waals surface area contributed by atoms with Crippen LogP contribution in [0.25, 0.3) is 0 Å². The molecule has 2 aromatic rings. The highest BCUT2D eigenvalue weighted by atomic mass is 19.1. The normalized spacial score (nSPS) is 11.9. The Morgan fingerprint density at radius 2 is 1.75 bits per heavy atom. The summed E-state index contributed by atoms with van der Waals surface area (Å²) in [7, 11) is 0. The van der Waals surface area contributed by atoms with Crippen LogP contribution in [-0.4, -0.2) is 5.91 Å². The molecule has 0 saturated carbocycles. The van der Waals surface area contributed by atoms with Crippen molar-refractivity contribution in [2.45, 2.75) is 25.7 Å². The summed E-state index contributed by atoms with van der Waals surface area (Å²) in [6.45, 7) is 2.06. The van der Waals surface area contributed by atoms with Crippen LogP contribution in [0.4, 0.5) is 10.1 Å². The average Bonchev–Trinajstić information content (AvgIpc) is 2.48. The molecule has 1 N–H and O–H groups in total.